The second-order valence-electron chi connectivity index (χ2n) is 7.65. The van der Waals surface area contributed by atoms with E-state index in [0.717, 1.165) is 41.7 Å². The number of nitrogens with one attached hydrogen (secondary N) is 1. The van der Waals surface area contributed by atoms with Crippen LogP contribution in [0, 0.1) is 0 Å². The number of carbonyl (C=O) groups is 3. The number of esters is 2. The summed E-state index contributed by atoms with van der Waals surface area (Å²) in [4.78, 5) is 38.6. The van der Waals surface area contributed by atoms with Gasteiger partial charge in [-0.15, -0.1) is 11.3 Å². The fraction of sp³-hybridized carbons (Fsp3) is 0.375. The molecule has 1 aromatic heterocycles. The summed E-state index contributed by atoms with van der Waals surface area (Å²) in [5, 5.41) is 3.21. The predicted molar refractivity (Wildman–Crippen MR) is 123 cm³/mol. The lowest BCUT2D eigenvalue weighted by molar-refractivity contribution is -0.148. The van der Waals surface area contributed by atoms with E-state index in [1.807, 2.05) is 0 Å². The normalized spacial score (nSPS) is 15.1. The van der Waals surface area contributed by atoms with Gasteiger partial charge < -0.3 is 24.3 Å². The number of hydrogen-bond donors (Lipinski definition) is 1. The molecule has 1 aliphatic heterocycles. The molecule has 0 radical (unpaired) electrons. The predicted octanol–water partition coefficient (Wildman–Crippen LogP) is 4.12. The number of benzene rings is 1. The Morgan fingerprint density at radius 1 is 1.18 bits per heavy atom. The molecular weight excluding hydrogens is 446 g/mol. The quantitative estimate of drug-likeness (QED) is 0.479. The average molecular weight is 472 g/mol. The topological polar surface area (TPSA) is 100 Å². The summed E-state index contributed by atoms with van der Waals surface area (Å²) in [6, 6.07) is 5.28. The van der Waals surface area contributed by atoms with Crippen molar-refractivity contribution in [3.8, 4) is 11.5 Å². The highest BCUT2D eigenvalue weighted by Gasteiger charge is 2.28. The molecule has 2 aromatic rings. The maximum Gasteiger partial charge on any atom is 0.341 e. The molecule has 1 unspecified atom stereocenters. The molecule has 2 heterocycles. The Hall–Kier alpha value is -3.33. The Labute approximate surface area is 195 Å². The van der Waals surface area contributed by atoms with E-state index in [-0.39, 0.29) is 13.4 Å². The van der Waals surface area contributed by atoms with Crippen molar-refractivity contribution >= 4 is 40.3 Å². The number of aryl methyl sites for hydroxylation is 1. The Bertz CT molecular complexity index is 1100. The number of amides is 1. The first-order valence-corrected chi connectivity index (χ1v) is 11.7. The Kier molecular flexibility index (Phi) is 6.98. The molecule has 0 fully saturated rings. The molecule has 0 bridgehead atoms. The number of fused-ring (bicyclic) bond motifs is 2. The largest absolute Gasteiger partial charge is 0.462 e. The zero-order chi connectivity index (χ0) is 23.4. The van der Waals surface area contributed by atoms with Crippen LogP contribution in [0.3, 0.4) is 0 Å². The van der Waals surface area contributed by atoms with E-state index in [2.05, 4.69) is 5.32 Å². The number of rotatable bonds is 7. The molecule has 4 rings (SSSR count). The van der Waals surface area contributed by atoms with Gasteiger partial charge in [0.05, 0.1) is 12.2 Å². The molecule has 8 nitrogen and oxygen atoms in total. The lowest BCUT2D eigenvalue weighted by atomic mass is 9.95. The van der Waals surface area contributed by atoms with E-state index in [0.29, 0.717) is 22.1 Å². The number of hydrogen-bond acceptors (Lipinski definition) is 8. The second-order valence-corrected chi connectivity index (χ2v) is 8.76. The highest BCUT2D eigenvalue weighted by molar-refractivity contribution is 7.17. The van der Waals surface area contributed by atoms with Gasteiger partial charge in [0, 0.05) is 11.0 Å². The van der Waals surface area contributed by atoms with Crippen molar-refractivity contribution in [3.05, 3.63) is 45.8 Å². The number of thiophene rings is 1. The van der Waals surface area contributed by atoms with Crippen LogP contribution in [0.5, 0.6) is 11.5 Å². The van der Waals surface area contributed by atoms with Gasteiger partial charge in [0.1, 0.15) is 5.00 Å². The van der Waals surface area contributed by atoms with E-state index in [1.54, 1.807) is 31.2 Å². The molecule has 1 aliphatic carbocycles. The molecule has 174 valence electrons. The Balaban J connectivity index is 1.40. The van der Waals surface area contributed by atoms with Gasteiger partial charge in [-0.2, -0.15) is 0 Å². The molecule has 1 aromatic carbocycles. The SMILES string of the molecule is CCOC(=O)c1c(NC(=O)C(C)OC(=O)C=Cc2ccc3c(c2)OCO3)sc2c1CCCC2. The third-order valence-electron chi connectivity index (χ3n) is 5.36. The zero-order valence-corrected chi connectivity index (χ0v) is 19.3. The first kappa shape index (κ1) is 22.8. The number of anilines is 1. The summed E-state index contributed by atoms with van der Waals surface area (Å²) >= 11 is 1.39. The van der Waals surface area contributed by atoms with Crippen LogP contribution in [0.2, 0.25) is 0 Å². The Morgan fingerprint density at radius 2 is 1.97 bits per heavy atom. The van der Waals surface area contributed by atoms with Crippen LogP contribution < -0.4 is 14.8 Å². The van der Waals surface area contributed by atoms with E-state index in [4.69, 9.17) is 18.9 Å². The first-order chi connectivity index (χ1) is 16.0. The standard InChI is InChI=1S/C24H25NO7S/c1-3-29-24(28)21-16-6-4-5-7-19(16)33-23(21)25-22(27)14(2)32-20(26)11-9-15-8-10-17-18(12-15)31-13-30-17/h8-12,14H,3-7,13H2,1-2H3,(H,25,27). The lowest BCUT2D eigenvalue weighted by Gasteiger charge is -2.13. The minimum atomic E-state index is -1.05. The molecule has 33 heavy (non-hydrogen) atoms. The maximum atomic E-state index is 12.7. The molecule has 0 spiro atoms. The smallest absolute Gasteiger partial charge is 0.341 e. The van der Waals surface area contributed by atoms with Gasteiger partial charge in [0.2, 0.25) is 6.79 Å². The van der Waals surface area contributed by atoms with E-state index < -0.39 is 23.9 Å². The van der Waals surface area contributed by atoms with E-state index in [9.17, 15) is 14.4 Å². The van der Waals surface area contributed by atoms with Gasteiger partial charge in [-0.1, -0.05) is 6.07 Å². The summed E-state index contributed by atoms with van der Waals surface area (Å²) in [6.07, 6.45) is 5.46. The van der Waals surface area contributed by atoms with Crippen LogP contribution in [0.4, 0.5) is 5.00 Å². The fourth-order valence-electron chi connectivity index (χ4n) is 3.73. The molecule has 1 N–H and O–H groups in total. The van der Waals surface area contributed by atoms with Gasteiger partial charge in [-0.3, -0.25) is 4.79 Å². The minimum Gasteiger partial charge on any atom is -0.462 e. The van der Waals surface area contributed by atoms with Crippen molar-refractivity contribution in [1.82, 2.24) is 0 Å². The van der Waals surface area contributed by atoms with E-state index in [1.165, 1.54) is 24.3 Å². The van der Waals surface area contributed by atoms with Crippen LogP contribution >= 0.6 is 11.3 Å². The fourth-order valence-corrected chi connectivity index (χ4v) is 5.02. The molecule has 0 saturated heterocycles. The highest BCUT2D eigenvalue weighted by Crippen LogP contribution is 2.38. The monoisotopic (exact) mass is 471 g/mol. The van der Waals surface area contributed by atoms with Gasteiger partial charge in [-0.05, 0) is 68.9 Å². The number of ether oxygens (including phenoxy) is 4. The van der Waals surface area contributed by atoms with Gasteiger partial charge in [0.15, 0.2) is 17.6 Å². The first-order valence-electron chi connectivity index (χ1n) is 10.9. The van der Waals surface area contributed by atoms with E-state index >= 15 is 0 Å². The molecule has 1 amide bonds. The molecule has 1 atom stereocenters. The van der Waals surface area contributed by atoms with Gasteiger partial charge in [0.25, 0.3) is 5.91 Å². The zero-order valence-electron chi connectivity index (χ0n) is 18.5. The van der Waals surface area contributed by atoms with Crippen molar-refractivity contribution in [3.63, 3.8) is 0 Å². The number of carbonyl (C=O) groups excluding carboxylic acids is 3. The van der Waals surface area contributed by atoms with Crippen molar-refractivity contribution < 1.29 is 33.3 Å². The van der Waals surface area contributed by atoms with Crippen molar-refractivity contribution in [1.29, 1.82) is 0 Å². The van der Waals surface area contributed by atoms with Crippen LogP contribution in [0.15, 0.2) is 24.3 Å². The molecule has 9 heteroatoms. The maximum absolute atomic E-state index is 12.7. The Morgan fingerprint density at radius 3 is 2.79 bits per heavy atom. The summed E-state index contributed by atoms with van der Waals surface area (Å²) < 4.78 is 21.0. The minimum absolute atomic E-state index is 0.169. The molecular formula is C24H25NO7S. The van der Waals surface area contributed by atoms with Crippen LogP contribution in [0.1, 0.15) is 53.1 Å². The summed E-state index contributed by atoms with van der Waals surface area (Å²) in [7, 11) is 0. The summed E-state index contributed by atoms with van der Waals surface area (Å²) in [6.45, 7) is 3.65. The van der Waals surface area contributed by atoms with Crippen LogP contribution in [-0.4, -0.2) is 37.3 Å². The molecule has 2 aliphatic rings. The second kappa shape index (κ2) is 10.1. The van der Waals surface area contributed by atoms with Crippen molar-refractivity contribution in [2.45, 2.75) is 45.6 Å². The third kappa shape index (κ3) is 5.19. The van der Waals surface area contributed by atoms with Crippen molar-refractivity contribution in [2.24, 2.45) is 0 Å². The molecule has 0 saturated carbocycles. The summed E-state index contributed by atoms with van der Waals surface area (Å²) in [5.41, 5.74) is 2.11. The van der Waals surface area contributed by atoms with Crippen LogP contribution in [-0.2, 0) is 31.9 Å². The third-order valence-corrected chi connectivity index (χ3v) is 6.57. The van der Waals surface area contributed by atoms with Gasteiger partial charge >= 0.3 is 11.9 Å². The summed E-state index contributed by atoms with van der Waals surface area (Å²) in [5.74, 6) is -0.356. The van der Waals surface area contributed by atoms with Crippen molar-refractivity contribution in [2.75, 3.05) is 18.7 Å². The average Bonchev–Trinajstić information content (AvgIpc) is 3.41. The lowest BCUT2D eigenvalue weighted by Crippen LogP contribution is -2.29. The highest BCUT2D eigenvalue weighted by atomic mass is 32.1. The van der Waals surface area contributed by atoms with Gasteiger partial charge in [-0.25, -0.2) is 9.59 Å². The van der Waals surface area contributed by atoms with Crippen LogP contribution in [0.25, 0.3) is 6.08 Å².